The van der Waals surface area contributed by atoms with Crippen LogP contribution in [0.15, 0.2) is 18.3 Å². The van der Waals surface area contributed by atoms with Crippen LogP contribution < -0.4 is 0 Å². The topological polar surface area (TPSA) is 53.5 Å². The van der Waals surface area contributed by atoms with E-state index in [0.717, 1.165) is 51.9 Å². The summed E-state index contributed by atoms with van der Waals surface area (Å²) in [4.78, 5) is 33.0. The fraction of sp³-hybridized carbons (Fsp3) is 0.632. The molecule has 0 saturated heterocycles. The second kappa shape index (κ2) is 10.8. The summed E-state index contributed by atoms with van der Waals surface area (Å²) >= 11 is 0. The average Bonchev–Trinajstić information content (AvgIpc) is 2.60. The Balaban J connectivity index is 2.87. The molecule has 1 rings (SSSR count). The molecular weight excluding hydrogens is 302 g/mol. The highest BCUT2D eigenvalue weighted by molar-refractivity contribution is 5.96. The lowest BCUT2D eigenvalue weighted by atomic mass is 10.2. The van der Waals surface area contributed by atoms with Crippen molar-refractivity contribution in [3.8, 4) is 0 Å². The molecule has 0 unspecified atom stereocenters. The van der Waals surface area contributed by atoms with E-state index in [9.17, 15) is 9.59 Å². The summed E-state index contributed by atoms with van der Waals surface area (Å²) in [6, 6.07) is 3.39. The summed E-state index contributed by atoms with van der Waals surface area (Å²) in [7, 11) is 0. The van der Waals surface area contributed by atoms with Crippen molar-refractivity contribution in [3.05, 3.63) is 29.6 Å². The van der Waals surface area contributed by atoms with Crippen molar-refractivity contribution >= 4 is 11.8 Å². The molecule has 0 spiro atoms. The third-order valence-corrected chi connectivity index (χ3v) is 3.78. The zero-order valence-corrected chi connectivity index (χ0v) is 15.5. The Labute approximate surface area is 146 Å². The molecule has 0 aliphatic heterocycles. The number of aromatic nitrogens is 1. The highest BCUT2D eigenvalue weighted by Crippen LogP contribution is 2.09. The molecule has 5 heteroatoms. The molecule has 134 valence electrons. The van der Waals surface area contributed by atoms with Gasteiger partial charge in [-0.2, -0.15) is 0 Å². The lowest BCUT2D eigenvalue weighted by Gasteiger charge is -2.22. The molecule has 0 radical (unpaired) electrons. The van der Waals surface area contributed by atoms with Crippen LogP contribution in [-0.2, 0) is 0 Å². The summed E-state index contributed by atoms with van der Waals surface area (Å²) in [5, 5.41) is 0. The molecule has 0 fully saturated rings. The summed E-state index contributed by atoms with van der Waals surface area (Å²) < 4.78 is 0. The second-order valence-corrected chi connectivity index (χ2v) is 6.02. The van der Waals surface area contributed by atoms with Crippen molar-refractivity contribution in [1.82, 2.24) is 14.8 Å². The SMILES string of the molecule is CCCN(CCC)C(=O)c1ccc(C(=O)N(CCC)CCC)nc1. The summed E-state index contributed by atoms with van der Waals surface area (Å²) in [6.45, 7) is 11.2. The maximum Gasteiger partial charge on any atom is 0.272 e. The zero-order chi connectivity index (χ0) is 17.9. The van der Waals surface area contributed by atoms with Crippen LogP contribution in [0, 0.1) is 0 Å². The number of rotatable bonds is 10. The van der Waals surface area contributed by atoms with E-state index in [1.807, 2.05) is 9.80 Å². The van der Waals surface area contributed by atoms with E-state index in [-0.39, 0.29) is 11.8 Å². The monoisotopic (exact) mass is 333 g/mol. The van der Waals surface area contributed by atoms with Crippen LogP contribution in [0.1, 0.15) is 74.2 Å². The van der Waals surface area contributed by atoms with E-state index in [4.69, 9.17) is 0 Å². The predicted molar refractivity (Wildman–Crippen MR) is 97.2 cm³/mol. The summed E-state index contributed by atoms with van der Waals surface area (Å²) in [5.41, 5.74) is 0.956. The Morgan fingerprint density at radius 3 is 1.62 bits per heavy atom. The van der Waals surface area contributed by atoms with Crippen LogP contribution in [0.2, 0.25) is 0 Å². The van der Waals surface area contributed by atoms with E-state index in [2.05, 4.69) is 32.7 Å². The molecule has 2 amide bonds. The predicted octanol–water partition coefficient (Wildman–Crippen LogP) is 3.61. The fourth-order valence-electron chi connectivity index (χ4n) is 2.70. The van der Waals surface area contributed by atoms with Gasteiger partial charge in [-0.3, -0.25) is 14.6 Å². The molecule has 1 heterocycles. The van der Waals surface area contributed by atoms with Gasteiger partial charge in [-0.05, 0) is 37.8 Å². The average molecular weight is 333 g/mol. The Morgan fingerprint density at radius 1 is 0.792 bits per heavy atom. The van der Waals surface area contributed by atoms with Gasteiger partial charge in [0, 0.05) is 32.4 Å². The van der Waals surface area contributed by atoms with Crippen molar-refractivity contribution < 1.29 is 9.59 Å². The molecule has 0 aliphatic rings. The van der Waals surface area contributed by atoms with Gasteiger partial charge in [0.25, 0.3) is 11.8 Å². The first kappa shape index (κ1) is 20.1. The minimum Gasteiger partial charge on any atom is -0.339 e. The molecule has 1 aromatic rings. The number of carbonyl (C=O) groups excluding carboxylic acids is 2. The zero-order valence-electron chi connectivity index (χ0n) is 15.5. The van der Waals surface area contributed by atoms with Crippen LogP contribution in [-0.4, -0.2) is 52.8 Å². The molecular formula is C19H31N3O2. The molecule has 0 atom stereocenters. The number of pyridine rings is 1. The van der Waals surface area contributed by atoms with Crippen molar-refractivity contribution in [3.63, 3.8) is 0 Å². The van der Waals surface area contributed by atoms with Crippen LogP contribution in [0.4, 0.5) is 0 Å². The first-order valence-electron chi connectivity index (χ1n) is 9.13. The van der Waals surface area contributed by atoms with Crippen molar-refractivity contribution in [2.75, 3.05) is 26.2 Å². The van der Waals surface area contributed by atoms with E-state index in [1.54, 1.807) is 12.1 Å². The Bertz CT molecular complexity index is 455. The lowest BCUT2D eigenvalue weighted by Crippen LogP contribution is -2.34. The van der Waals surface area contributed by atoms with Gasteiger partial charge >= 0.3 is 0 Å². The maximum atomic E-state index is 12.5. The minimum atomic E-state index is -0.0586. The van der Waals surface area contributed by atoms with E-state index >= 15 is 0 Å². The van der Waals surface area contributed by atoms with Gasteiger partial charge in [0.1, 0.15) is 5.69 Å². The third kappa shape index (κ3) is 5.62. The highest BCUT2D eigenvalue weighted by atomic mass is 16.2. The van der Waals surface area contributed by atoms with Crippen molar-refractivity contribution in [2.45, 2.75) is 53.4 Å². The third-order valence-electron chi connectivity index (χ3n) is 3.78. The Kier molecular flexibility index (Phi) is 9.05. The van der Waals surface area contributed by atoms with Crippen molar-refractivity contribution in [1.29, 1.82) is 0 Å². The second-order valence-electron chi connectivity index (χ2n) is 6.02. The van der Waals surface area contributed by atoms with Crippen LogP contribution in [0.5, 0.6) is 0 Å². The number of nitrogens with zero attached hydrogens (tertiary/aromatic N) is 3. The van der Waals surface area contributed by atoms with Gasteiger partial charge in [-0.15, -0.1) is 0 Å². The first-order valence-corrected chi connectivity index (χ1v) is 9.13. The van der Waals surface area contributed by atoms with Gasteiger partial charge in [0.15, 0.2) is 0 Å². The molecule has 0 aromatic carbocycles. The number of carbonyl (C=O) groups is 2. The summed E-state index contributed by atoms with van der Waals surface area (Å²) in [6.07, 6.45) is 5.23. The molecule has 0 bridgehead atoms. The largest absolute Gasteiger partial charge is 0.339 e. The highest BCUT2D eigenvalue weighted by Gasteiger charge is 2.18. The smallest absolute Gasteiger partial charge is 0.272 e. The number of hydrogen-bond acceptors (Lipinski definition) is 3. The van der Waals surface area contributed by atoms with E-state index in [1.165, 1.54) is 6.20 Å². The maximum absolute atomic E-state index is 12.5. The number of hydrogen-bond donors (Lipinski definition) is 0. The van der Waals surface area contributed by atoms with Crippen LogP contribution in [0.25, 0.3) is 0 Å². The normalized spacial score (nSPS) is 10.5. The standard InChI is InChI=1S/C19H31N3O2/c1-5-11-21(12-6-2)18(23)16-9-10-17(20-15-16)19(24)22(13-7-3)14-8-4/h9-10,15H,5-8,11-14H2,1-4H3. The molecule has 0 N–H and O–H groups in total. The van der Waals surface area contributed by atoms with Gasteiger partial charge in [-0.1, -0.05) is 27.7 Å². The number of amides is 2. The van der Waals surface area contributed by atoms with Crippen LogP contribution in [0.3, 0.4) is 0 Å². The van der Waals surface area contributed by atoms with Crippen molar-refractivity contribution in [2.24, 2.45) is 0 Å². The van der Waals surface area contributed by atoms with Gasteiger partial charge < -0.3 is 9.80 Å². The molecule has 5 nitrogen and oxygen atoms in total. The van der Waals surface area contributed by atoms with E-state index in [0.29, 0.717) is 11.3 Å². The Hall–Kier alpha value is -1.91. The summed E-state index contributed by atoms with van der Waals surface area (Å²) in [5.74, 6) is -0.0687. The van der Waals surface area contributed by atoms with Gasteiger partial charge in [0.2, 0.25) is 0 Å². The molecule has 0 saturated carbocycles. The van der Waals surface area contributed by atoms with Gasteiger partial charge in [-0.25, -0.2) is 0 Å². The minimum absolute atomic E-state index is 0.0100. The fourth-order valence-corrected chi connectivity index (χ4v) is 2.70. The molecule has 1 aromatic heterocycles. The Morgan fingerprint density at radius 2 is 1.25 bits per heavy atom. The van der Waals surface area contributed by atoms with E-state index < -0.39 is 0 Å². The quantitative estimate of drug-likeness (QED) is 0.657. The lowest BCUT2D eigenvalue weighted by molar-refractivity contribution is 0.0738. The first-order chi connectivity index (χ1) is 11.6. The molecule has 24 heavy (non-hydrogen) atoms. The van der Waals surface area contributed by atoms with Gasteiger partial charge in [0.05, 0.1) is 5.56 Å². The molecule has 0 aliphatic carbocycles. The van der Waals surface area contributed by atoms with Crippen LogP contribution >= 0.6 is 0 Å².